The van der Waals surface area contributed by atoms with Gasteiger partial charge < -0.3 is 31.3 Å². The highest BCUT2D eigenvalue weighted by Gasteiger charge is 2.46. The maximum Gasteiger partial charge on any atom is 0.326 e. The number of likely N-dealkylation sites (tertiary alicyclic amines) is 1. The van der Waals surface area contributed by atoms with Gasteiger partial charge >= 0.3 is 5.97 Å². The molecule has 1 aromatic heterocycles. The van der Waals surface area contributed by atoms with E-state index < -0.39 is 65.6 Å². The number of nitrogens with zero attached hydrogens (tertiary/aromatic N) is 3. The number of nitrogens with one attached hydrogen (secondary N) is 4. The Morgan fingerprint density at radius 2 is 1.43 bits per heavy atom. The Bertz CT molecular complexity index is 1730. The van der Waals surface area contributed by atoms with Crippen molar-refractivity contribution in [3.63, 3.8) is 0 Å². The van der Waals surface area contributed by atoms with E-state index in [1.54, 1.807) is 37.3 Å². The van der Waals surface area contributed by atoms with E-state index in [2.05, 4.69) is 31.2 Å². The minimum absolute atomic E-state index is 0.0362. The number of rotatable bonds is 18. The van der Waals surface area contributed by atoms with Crippen molar-refractivity contribution in [1.29, 1.82) is 0 Å². The molecule has 2 saturated carbocycles. The van der Waals surface area contributed by atoms with Crippen LogP contribution in [-0.4, -0.2) is 98.0 Å². The van der Waals surface area contributed by atoms with Crippen LogP contribution in [-0.2, 0) is 35.2 Å². The van der Waals surface area contributed by atoms with Crippen LogP contribution in [0.25, 0.3) is 0 Å². The van der Waals surface area contributed by atoms with Crippen molar-refractivity contribution in [2.75, 3.05) is 6.54 Å². The Kier molecular flexibility index (Phi) is 16.3. The minimum atomic E-state index is -1.37. The van der Waals surface area contributed by atoms with E-state index >= 15 is 0 Å². The van der Waals surface area contributed by atoms with E-state index in [-0.39, 0.29) is 48.7 Å². The van der Waals surface area contributed by atoms with Crippen LogP contribution in [0, 0.1) is 17.8 Å². The molecule has 15 nitrogen and oxygen atoms in total. The van der Waals surface area contributed by atoms with Gasteiger partial charge in [-0.2, -0.15) is 0 Å². The monoisotopic (exact) mass is 801 g/mol. The van der Waals surface area contributed by atoms with Gasteiger partial charge in [0.05, 0.1) is 12.2 Å². The number of carboxylic acids is 1. The van der Waals surface area contributed by atoms with Crippen LogP contribution >= 0.6 is 0 Å². The van der Waals surface area contributed by atoms with Gasteiger partial charge in [-0.15, -0.1) is 0 Å². The first-order valence-corrected chi connectivity index (χ1v) is 21.1. The summed E-state index contributed by atoms with van der Waals surface area (Å²) in [5, 5.41) is 20.9. The van der Waals surface area contributed by atoms with Crippen LogP contribution in [0.2, 0.25) is 0 Å². The SMILES string of the molecule is CCCC(NC(=O)[C@@H]1[C@@H](CC)CCN1C(=O)[C@@H](NC(=O)[C@@H](NC(=O)c1cnccn1)C1CCCCC1)C1CCCCC1)C(=O)C(=O)N[C@@H](Cc1ccccc1)C(=O)O. The minimum Gasteiger partial charge on any atom is -0.480 e. The van der Waals surface area contributed by atoms with Crippen LogP contribution in [0.5, 0.6) is 0 Å². The maximum absolute atomic E-state index is 14.8. The predicted octanol–water partition coefficient (Wildman–Crippen LogP) is 3.51. The molecule has 58 heavy (non-hydrogen) atoms. The molecule has 1 aromatic carbocycles. The molecule has 2 heterocycles. The molecule has 3 aliphatic rings. The quantitative estimate of drug-likeness (QED) is 0.138. The number of benzene rings is 1. The third-order valence-electron chi connectivity index (χ3n) is 12.1. The first-order valence-electron chi connectivity index (χ1n) is 21.1. The molecule has 0 spiro atoms. The summed E-state index contributed by atoms with van der Waals surface area (Å²) in [7, 11) is 0. The summed E-state index contributed by atoms with van der Waals surface area (Å²) in [6.45, 7) is 3.99. The molecule has 5 amide bonds. The van der Waals surface area contributed by atoms with Crippen LogP contribution in [0.4, 0.5) is 0 Å². The van der Waals surface area contributed by atoms with E-state index in [0.29, 0.717) is 37.7 Å². The molecule has 15 heteroatoms. The van der Waals surface area contributed by atoms with Crippen molar-refractivity contribution in [2.24, 2.45) is 17.8 Å². The average Bonchev–Trinajstić information content (AvgIpc) is 3.69. The Morgan fingerprint density at radius 3 is 2.02 bits per heavy atom. The molecule has 314 valence electrons. The Hall–Kier alpha value is -5.21. The Labute approximate surface area is 340 Å². The van der Waals surface area contributed by atoms with E-state index in [4.69, 9.17) is 0 Å². The van der Waals surface area contributed by atoms with E-state index in [1.165, 1.54) is 23.5 Å². The Morgan fingerprint density at radius 1 is 0.776 bits per heavy atom. The molecular weight excluding hydrogens is 743 g/mol. The van der Waals surface area contributed by atoms with Crippen molar-refractivity contribution < 1.29 is 38.7 Å². The number of carbonyl (C=O) groups is 7. The molecule has 5 N–H and O–H groups in total. The average molecular weight is 802 g/mol. The molecule has 2 aliphatic carbocycles. The van der Waals surface area contributed by atoms with Gasteiger partial charge in [0, 0.05) is 25.4 Å². The highest BCUT2D eigenvalue weighted by Crippen LogP contribution is 2.33. The van der Waals surface area contributed by atoms with Crippen LogP contribution in [0.3, 0.4) is 0 Å². The molecule has 6 atom stereocenters. The van der Waals surface area contributed by atoms with Gasteiger partial charge in [0.2, 0.25) is 23.5 Å². The van der Waals surface area contributed by atoms with Crippen molar-refractivity contribution >= 4 is 41.3 Å². The van der Waals surface area contributed by atoms with Crippen molar-refractivity contribution in [2.45, 2.75) is 140 Å². The van der Waals surface area contributed by atoms with Gasteiger partial charge in [-0.05, 0) is 61.8 Å². The first kappa shape index (κ1) is 43.9. The number of amides is 5. The molecule has 0 bridgehead atoms. The zero-order valence-corrected chi connectivity index (χ0v) is 33.7. The van der Waals surface area contributed by atoms with Gasteiger partial charge in [0.15, 0.2) is 0 Å². The van der Waals surface area contributed by atoms with E-state index in [1.807, 2.05) is 6.92 Å². The lowest BCUT2D eigenvalue weighted by Gasteiger charge is -2.37. The third kappa shape index (κ3) is 11.5. The summed E-state index contributed by atoms with van der Waals surface area (Å²) in [4.78, 5) is 105. The summed E-state index contributed by atoms with van der Waals surface area (Å²) in [6, 6.07) is 3.29. The van der Waals surface area contributed by atoms with Gasteiger partial charge in [0.1, 0.15) is 29.9 Å². The number of hydrogen-bond acceptors (Lipinski definition) is 9. The highest BCUT2D eigenvalue weighted by atomic mass is 16.4. The summed E-state index contributed by atoms with van der Waals surface area (Å²) < 4.78 is 0. The number of hydrogen-bond donors (Lipinski definition) is 5. The van der Waals surface area contributed by atoms with Crippen LogP contribution in [0.15, 0.2) is 48.9 Å². The Balaban J connectivity index is 1.34. The topological polar surface area (TPSA) is 217 Å². The molecular formula is C43H59N7O8. The lowest BCUT2D eigenvalue weighted by Crippen LogP contribution is -2.61. The summed E-state index contributed by atoms with van der Waals surface area (Å²) in [5.74, 6) is -5.91. The summed E-state index contributed by atoms with van der Waals surface area (Å²) >= 11 is 0. The molecule has 1 saturated heterocycles. The predicted molar refractivity (Wildman–Crippen MR) is 214 cm³/mol. The standard InChI is InChI=1S/C43H59N7O8/c1-3-14-31(37(51)41(55)47-32(43(57)58)25-27-15-8-5-9-16-27)46-40(54)36-28(4-2)21-24-50(36)42(56)35(30-19-12-7-13-20-30)49-39(53)34(29-17-10-6-11-18-29)48-38(52)33-26-44-22-23-45-33/h5,8-9,15-16,22-23,26,28-32,34-36H,3-4,6-7,10-14,17-21,24-25H2,1-2H3,(H,46,54)(H,47,55)(H,48,52)(H,49,53)(H,57,58)/t28-,31?,32-,34-,35-,36-/m0/s1. The molecule has 1 unspecified atom stereocenters. The number of Topliss-reactive ketones (excluding diaryl/α,β-unsaturated/α-hetero) is 1. The zero-order chi connectivity index (χ0) is 41.6. The molecule has 3 fully saturated rings. The molecule has 1 aliphatic heterocycles. The number of aliphatic carboxylic acids is 1. The fraction of sp³-hybridized carbons (Fsp3) is 0.605. The number of ketones is 1. The second-order valence-electron chi connectivity index (χ2n) is 16.0. The second kappa shape index (κ2) is 21.5. The van der Waals surface area contributed by atoms with E-state index in [0.717, 1.165) is 51.4 Å². The largest absolute Gasteiger partial charge is 0.480 e. The van der Waals surface area contributed by atoms with Gasteiger partial charge in [-0.1, -0.05) is 95.5 Å². The highest BCUT2D eigenvalue weighted by molar-refractivity contribution is 6.38. The third-order valence-corrected chi connectivity index (χ3v) is 12.1. The fourth-order valence-electron chi connectivity index (χ4n) is 8.91. The lowest BCUT2D eigenvalue weighted by atomic mass is 9.81. The van der Waals surface area contributed by atoms with Gasteiger partial charge in [0.25, 0.3) is 11.8 Å². The van der Waals surface area contributed by atoms with Crippen LogP contribution in [0.1, 0.15) is 120 Å². The molecule has 0 radical (unpaired) electrons. The second-order valence-corrected chi connectivity index (χ2v) is 16.0. The fourth-order valence-corrected chi connectivity index (χ4v) is 8.91. The lowest BCUT2D eigenvalue weighted by molar-refractivity contribution is -0.146. The van der Waals surface area contributed by atoms with Crippen molar-refractivity contribution in [3.05, 3.63) is 60.2 Å². The maximum atomic E-state index is 14.8. The van der Waals surface area contributed by atoms with E-state index in [9.17, 15) is 38.7 Å². The summed E-state index contributed by atoms with van der Waals surface area (Å²) in [5.41, 5.74) is 0.746. The number of carboxylic acid groups (broad SMARTS) is 1. The normalized spacial score (nSPS) is 20.8. The van der Waals surface area contributed by atoms with Crippen molar-refractivity contribution in [3.8, 4) is 0 Å². The zero-order valence-electron chi connectivity index (χ0n) is 33.7. The van der Waals surface area contributed by atoms with Gasteiger partial charge in [-0.3, -0.25) is 33.8 Å². The molecule has 5 rings (SSSR count). The smallest absolute Gasteiger partial charge is 0.326 e. The van der Waals surface area contributed by atoms with Crippen molar-refractivity contribution in [1.82, 2.24) is 36.1 Å². The van der Waals surface area contributed by atoms with Crippen LogP contribution < -0.4 is 21.3 Å². The number of aromatic nitrogens is 2. The molecule has 2 aromatic rings. The number of carbonyl (C=O) groups excluding carboxylic acids is 6. The first-order chi connectivity index (χ1) is 28.0. The van der Waals surface area contributed by atoms with Gasteiger partial charge in [-0.25, -0.2) is 9.78 Å². The summed E-state index contributed by atoms with van der Waals surface area (Å²) in [6.07, 6.45) is 14.4.